The predicted octanol–water partition coefficient (Wildman–Crippen LogP) is 0.0693. The molecular weight excluding hydrogens is 138 g/mol. The molecule has 1 atom stereocenters. The SMILES string of the molecule is C[C@@H](C(=O)O)N(C)C(=O)O. The zero-order chi connectivity index (χ0) is 8.31. The van der Waals surface area contributed by atoms with E-state index in [0.29, 0.717) is 0 Å². The largest absolute Gasteiger partial charge is 0.480 e. The Hall–Kier alpha value is -1.26. The highest BCUT2D eigenvalue weighted by molar-refractivity contribution is 5.78. The van der Waals surface area contributed by atoms with Crippen molar-refractivity contribution >= 4 is 12.1 Å². The zero-order valence-corrected chi connectivity index (χ0v) is 5.74. The Bertz CT molecular complexity index is 138. The highest BCUT2D eigenvalue weighted by Crippen LogP contribution is 1.94. The molecule has 58 valence electrons. The van der Waals surface area contributed by atoms with Gasteiger partial charge in [0.1, 0.15) is 6.04 Å². The van der Waals surface area contributed by atoms with E-state index in [1.165, 1.54) is 14.0 Å². The Morgan fingerprint density at radius 3 is 1.90 bits per heavy atom. The van der Waals surface area contributed by atoms with E-state index in [1.807, 2.05) is 0 Å². The maximum absolute atomic E-state index is 10.1. The van der Waals surface area contributed by atoms with Crippen molar-refractivity contribution in [2.45, 2.75) is 13.0 Å². The van der Waals surface area contributed by atoms with E-state index < -0.39 is 18.1 Å². The molecule has 0 saturated heterocycles. The number of carbonyl (C=O) groups is 2. The highest BCUT2D eigenvalue weighted by Gasteiger charge is 2.20. The summed E-state index contributed by atoms with van der Waals surface area (Å²) in [7, 11) is 1.21. The first kappa shape index (κ1) is 8.74. The van der Waals surface area contributed by atoms with Crippen molar-refractivity contribution in [3.8, 4) is 0 Å². The summed E-state index contributed by atoms with van der Waals surface area (Å²) in [5.41, 5.74) is 0. The number of carboxylic acid groups (broad SMARTS) is 2. The number of hydrogen-bond donors (Lipinski definition) is 2. The molecule has 0 aromatic carbocycles. The van der Waals surface area contributed by atoms with Crippen molar-refractivity contribution < 1.29 is 19.8 Å². The van der Waals surface area contributed by atoms with Gasteiger partial charge in [-0.2, -0.15) is 0 Å². The van der Waals surface area contributed by atoms with Crippen LogP contribution in [0.3, 0.4) is 0 Å². The average Bonchev–Trinajstić information content (AvgIpc) is 1.84. The van der Waals surface area contributed by atoms with Crippen LogP contribution in [-0.4, -0.2) is 40.3 Å². The lowest BCUT2D eigenvalue weighted by Crippen LogP contribution is -2.39. The molecule has 0 bridgehead atoms. The molecule has 5 heteroatoms. The molecule has 0 unspecified atom stereocenters. The second-order valence-electron chi connectivity index (χ2n) is 1.91. The van der Waals surface area contributed by atoms with E-state index >= 15 is 0 Å². The van der Waals surface area contributed by atoms with E-state index in [1.54, 1.807) is 0 Å². The van der Waals surface area contributed by atoms with Crippen LogP contribution in [0.2, 0.25) is 0 Å². The highest BCUT2D eigenvalue weighted by atomic mass is 16.4. The maximum Gasteiger partial charge on any atom is 0.407 e. The van der Waals surface area contributed by atoms with Gasteiger partial charge in [-0.1, -0.05) is 0 Å². The Morgan fingerprint density at radius 1 is 1.40 bits per heavy atom. The summed E-state index contributed by atoms with van der Waals surface area (Å²) in [6.07, 6.45) is -1.24. The van der Waals surface area contributed by atoms with Gasteiger partial charge in [0, 0.05) is 7.05 Å². The normalized spacial score (nSPS) is 12.2. The van der Waals surface area contributed by atoms with Gasteiger partial charge in [0.05, 0.1) is 0 Å². The minimum atomic E-state index is -1.24. The van der Waals surface area contributed by atoms with Crippen molar-refractivity contribution in [1.82, 2.24) is 4.90 Å². The zero-order valence-electron chi connectivity index (χ0n) is 5.74. The second-order valence-corrected chi connectivity index (χ2v) is 1.91. The fourth-order valence-corrected chi connectivity index (χ4v) is 0.331. The molecule has 0 rings (SSSR count). The molecule has 0 fully saturated rings. The van der Waals surface area contributed by atoms with Crippen molar-refractivity contribution in [2.24, 2.45) is 0 Å². The van der Waals surface area contributed by atoms with Gasteiger partial charge in [-0.3, -0.25) is 4.90 Å². The third kappa shape index (κ3) is 1.93. The van der Waals surface area contributed by atoms with Crippen molar-refractivity contribution in [3.63, 3.8) is 0 Å². The minimum absolute atomic E-state index is 0.725. The molecule has 0 radical (unpaired) electrons. The molecule has 10 heavy (non-hydrogen) atoms. The molecule has 0 saturated carbocycles. The molecule has 1 amide bonds. The topological polar surface area (TPSA) is 77.8 Å². The van der Waals surface area contributed by atoms with Crippen LogP contribution in [0.5, 0.6) is 0 Å². The molecule has 0 aliphatic carbocycles. The van der Waals surface area contributed by atoms with Gasteiger partial charge in [-0.15, -0.1) is 0 Å². The second kappa shape index (κ2) is 3.05. The summed E-state index contributed by atoms with van der Waals surface area (Å²) >= 11 is 0. The first-order valence-electron chi connectivity index (χ1n) is 2.65. The number of aliphatic carboxylic acids is 1. The number of nitrogens with zero attached hydrogens (tertiary/aromatic N) is 1. The average molecular weight is 147 g/mol. The van der Waals surface area contributed by atoms with Gasteiger partial charge >= 0.3 is 12.1 Å². The third-order valence-electron chi connectivity index (χ3n) is 1.24. The van der Waals surface area contributed by atoms with Gasteiger partial charge in [-0.25, -0.2) is 9.59 Å². The number of amides is 1. The Morgan fingerprint density at radius 2 is 1.80 bits per heavy atom. The van der Waals surface area contributed by atoms with Crippen LogP contribution in [0.25, 0.3) is 0 Å². The standard InChI is InChI=1S/C5H9NO4/c1-3(4(7)8)6(2)5(9)10/h3H,1-2H3,(H,7,8)(H,9,10)/t3-/m0/s1. The van der Waals surface area contributed by atoms with Gasteiger partial charge in [0.25, 0.3) is 0 Å². The van der Waals surface area contributed by atoms with Gasteiger partial charge in [0.2, 0.25) is 0 Å². The van der Waals surface area contributed by atoms with Crippen LogP contribution in [0, 0.1) is 0 Å². The first-order chi connectivity index (χ1) is 4.46. The lowest BCUT2D eigenvalue weighted by molar-refractivity contribution is -0.141. The smallest absolute Gasteiger partial charge is 0.407 e. The third-order valence-corrected chi connectivity index (χ3v) is 1.24. The van der Waals surface area contributed by atoms with Crippen LogP contribution in [-0.2, 0) is 4.79 Å². The predicted molar refractivity (Wildman–Crippen MR) is 32.9 cm³/mol. The molecule has 0 spiro atoms. The van der Waals surface area contributed by atoms with E-state index in [-0.39, 0.29) is 0 Å². The molecular formula is C5H9NO4. The fraction of sp³-hybridized carbons (Fsp3) is 0.600. The van der Waals surface area contributed by atoms with Crippen molar-refractivity contribution in [3.05, 3.63) is 0 Å². The molecule has 0 aromatic rings. The summed E-state index contributed by atoms with van der Waals surface area (Å²) in [5.74, 6) is -1.15. The molecule has 2 N–H and O–H groups in total. The lowest BCUT2D eigenvalue weighted by atomic mass is 10.3. The van der Waals surface area contributed by atoms with Crippen LogP contribution < -0.4 is 0 Å². The number of likely N-dealkylation sites (N-methyl/N-ethyl adjacent to an activating group) is 1. The summed E-state index contributed by atoms with van der Waals surface area (Å²) in [5, 5.41) is 16.6. The van der Waals surface area contributed by atoms with Crippen LogP contribution in [0.1, 0.15) is 6.92 Å². The summed E-state index contributed by atoms with van der Waals surface area (Å²) in [4.78, 5) is 21.0. The Labute approximate surface area is 57.9 Å². The number of rotatable bonds is 2. The summed E-state index contributed by atoms with van der Waals surface area (Å²) in [6.45, 7) is 1.30. The molecule has 0 aliphatic rings. The Kier molecular flexibility index (Phi) is 2.66. The van der Waals surface area contributed by atoms with E-state index in [4.69, 9.17) is 10.2 Å². The van der Waals surface area contributed by atoms with Gasteiger partial charge in [-0.05, 0) is 6.92 Å². The monoisotopic (exact) mass is 147 g/mol. The summed E-state index contributed by atoms with van der Waals surface area (Å²) in [6, 6.07) is -0.988. The van der Waals surface area contributed by atoms with Gasteiger partial charge < -0.3 is 10.2 Å². The number of carboxylic acids is 1. The van der Waals surface area contributed by atoms with E-state index in [2.05, 4.69) is 0 Å². The van der Waals surface area contributed by atoms with Crippen LogP contribution >= 0.6 is 0 Å². The lowest BCUT2D eigenvalue weighted by Gasteiger charge is -2.16. The minimum Gasteiger partial charge on any atom is -0.480 e. The Balaban J connectivity index is 4.07. The summed E-state index contributed by atoms with van der Waals surface area (Å²) < 4.78 is 0. The number of hydrogen-bond acceptors (Lipinski definition) is 2. The van der Waals surface area contributed by atoms with Crippen LogP contribution in [0.4, 0.5) is 4.79 Å². The van der Waals surface area contributed by atoms with Crippen LogP contribution in [0.15, 0.2) is 0 Å². The van der Waals surface area contributed by atoms with Crippen molar-refractivity contribution in [1.29, 1.82) is 0 Å². The molecule has 0 heterocycles. The maximum atomic E-state index is 10.1. The van der Waals surface area contributed by atoms with Gasteiger partial charge in [0.15, 0.2) is 0 Å². The van der Waals surface area contributed by atoms with Crippen molar-refractivity contribution in [2.75, 3.05) is 7.05 Å². The quantitative estimate of drug-likeness (QED) is 0.579. The van der Waals surface area contributed by atoms with E-state index in [9.17, 15) is 9.59 Å². The molecule has 0 aliphatic heterocycles. The molecule has 5 nitrogen and oxygen atoms in total. The fourth-order valence-electron chi connectivity index (χ4n) is 0.331. The molecule has 0 aromatic heterocycles. The first-order valence-corrected chi connectivity index (χ1v) is 2.65. The van der Waals surface area contributed by atoms with E-state index in [0.717, 1.165) is 4.90 Å².